The van der Waals surface area contributed by atoms with Gasteiger partial charge in [-0.25, -0.2) is 5.43 Å². The van der Waals surface area contributed by atoms with Gasteiger partial charge < -0.3 is 14.6 Å². The summed E-state index contributed by atoms with van der Waals surface area (Å²) in [5.41, 5.74) is 5.64. The largest absolute Gasteiger partial charge is 0.455 e. The lowest BCUT2D eigenvalue weighted by Gasteiger charge is -2.12. The Bertz CT molecular complexity index is 1420. The minimum Gasteiger partial charge on any atom is -0.455 e. The standard InChI is InChI=1S/C29H25BrN4O3/c1-34(2)24-14-8-20(9-15-24)18-26(32-28(35)22-6-4-3-5-7-22)29(36)33-31-19-25-16-17-27(37-25)21-10-12-23(30)13-11-21/h3-19H,1-2H3,(H,32,35)(H,33,36). The first kappa shape index (κ1) is 25.7. The molecule has 1 aromatic heterocycles. The van der Waals surface area contributed by atoms with Crippen LogP contribution in [0.1, 0.15) is 21.7 Å². The monoisotopic (exact) mass is 556 g/mol. The molecule has 37 heavy (non-hydrogen) atoms. The van der Waals surface area contributed by atoms with Crippen LogP contribution in [0.25, 0.3) is 17.4 Å². The topological polar surface area (TPSA) is 86.9 Å². The van der Waals surface area contributed by atoms with Gasteiger partial charge in [0.1, 0.15) is 17.2 Å². The lowest BCUT2D eigenvalue weighted by Crippen LogP contribution is -2.32. The highest BCUT2D eigenvalue weighted by Crippen LogP contribution is 2.23. The van der Waals surface area contributed by atoms with Crippen molar-refractivity contribution in [2.45, 2.75) is 0 Å². The van der Waals surface area contributed by atoms with Crippen molar-refractivity contribution in [2.75, 3.05) is 19.0 Å². The Kier molecular flexibility index (Phi) is 8.33. The van der Waals surface area contributed by atoms with Crippen LogP contribution in [0.4, 0.5) is 5.69 Å². The van der Waals surface area contributed by atoms with Crippen molar-refractivity contribution < 1.29 is 14.0 Å². The Labute approximate surface area is 223 Å². The Morgan fingerprint density at radius 1 is 0.892 bits per heavy atom. The highest BCUT2D eigenvalue weighted by Gasteiger charge is 2.14. The molecule has 4 aromatic rings. The van der Waals surface area contributed by atoms with Crippen molar-refractivity contribution in [2.24, 2.45) is 5.10 Å². The first-order chi connectivity index (χ1) is 17.9. The highest BCUT2D eigenvalue weighted by atomic mass is 79.9. The van der Waals surface area contributed by atoms with Gasteiger partial charge in [-0.1, -0.05) is 58.4 Å². The van der Waals surface area contributed by atoms with E-state index < -0.39 is 11.8 Å². The van der Waals surface area contributed by atoms with Crippen molar-refractivity contribution in [3.05, 3.63) is 118 Å². The van der Waals surface area contributed by atoms with Gasteiger partial charge in [0.15, 0.2) is 0 Å². The van der Waals surface area contributed by atoms with E-state index in [1.807, 2.05) is 79.7 Å². The molecular formula is C29H25BrN4O3. The number of amides is 2. The average Bonchev–Trinajstić information content (AvgIpc) is 3.38. The Morgan fingerprint density at radius 3 is 2.27 bits per heavy atom. The van der Waals surface area contributed by atoms with Gasteiger partial charge in [0.05, 0.1) is 6.21 Å². The number of hydrazone groups is 1. The number of halogens is 1. The van der Waals surface area contributed by atoms with Gasteiger partial charge in [0, 0.05) is 35.4 Å². The molecule has 2 amide bonds. The van der Waals surface area contributed by atoms with Crippen LogP contribution in [0.3, 0.4) is 0 Å². The van der Waals surface area contributed by atoms with Crippen LogP contribution in [0.2, 0.25) is 0 Å². The van der Waals surface area contributed by atoms with Crippen LogP contribution in [0.15, 0.2) is 111 Å². The third-order valence-electron chi connectivity index (χ3n) is 5.36. The number of nitrogens with zero attached hydrogens (tertiary/aromatic N) is 2. The molecule has 0 saturated carbocycles. The van der Waals surface area contributed by atoms with E-state index in [1.165, 1.54) is 6.21 Å². The van der Waals surface area contributed by atoms with E-state index in [2.05, 4.69) is 31.8 Å². The zero-order chi connectivity index (χ0) is 26.2. The summed E-state index contributed by atoms with van der Waals surface area (Å²) < 4.78 is 6.77. The number of anilines is 1. The van der Waals surface area contributed by atoms with E-state index in [-0.39, 0.29) is 5.70 Å². The summed E-state index contributed by atoms with van der Waals surface area (Å²) in [5.74, 6) is 0.173. The first-order valence-electron chi connectivity index (χ1n) is 11.4. The lowest BCUT2D eigenvalue weighted by atomic mass is 10.1. The quantitative estimate of drug-likeness (QED) is 0.166. The van der Waals surface area contributed by atoms with E-state index in [4.69, 9.17) is 4.42 Å². The van der Waals surface area contributed by atoms with Crippen LogP contribution in [0.5, 0.6) is 0 Å². The van der Waals surface area contributed by atoms with E-state index in [9.17, 15) is 9.59 Å². The van der Waals surface area contributed by atoms with Gasteiger partial charge in [-0.2, -0.15) is 5.10 Å². The number of carbonyl (C=O) groups is 2. The fourth-order valence-corrected chi connectivity index (χ4v) is 3.65. The normalized spacial score (nSPS) is 11.4. The molecule has 0 saturated heterocycles. The molecule has 7 nitrogen and oxygen atoms in total. The summed E-state index contributed by atoms with van der Waals surface area (Å²) in [7, 11) is 3.89. The van der Waals surface area contributed by atoms with E-state index in [1.54, 1.807) is 36.4 Å². The molecule has 0 bridgehead atoms. The van der Waals surface area contributed by atoms with Crippen molar-refractivity contribution in [1.29, 1.82) is 0 Å². The molecular weight excluding hydrogens is 532 g/mol. The smallest absolute Gasteiger partial charge is 0.287 e. The predicted molar refractivity (Wildman–Crippen MR) is 150 cm³/mol. The molecule has 0 unspecified atom stereocenters. The zero-order valence-electron chi connectivity index (χ0n) is 20.3. The van der Waals surface area contributed by atoms with Crippen molar-refractivity contribution >= 4 is 45.7 Å². The van der Waals surface area contributed by atoms with E-state index >= 15 is 0 Å². The van der Waals surface area contributed by atoms with Crippen molar-refractivity contribution in [3.8, 4) is 11.3 Å². The molecule has 0 aliphatic carbocycles. The van der Waals surface area contributed by atoms with Crippen LogP contribution in [0, 0.1) is 0 Å². The Hall–Kier alpha value is -4.43. The highest BCUT2D eigenvalue weighted by molar-refractivity contribution is 9.10. The molecule has 8 heteroatoms. The maximum Gasteiger partial charge on any atom is 0.287 e. The van der Waals surface area contributed by atoms with Crippen LogP contribution >= 0.6 is 15.9 Å². The molecule has 4 rings (SSSR count). The summed E-state index contributed by atoms with van der Waals surface area (Å²) in [4.78, 5) is 27.7. The Morgan fingerprint density at radius 2 is 1.59 bits per heavy atom. The number of rotatable bonds is 8. The Balaban J connectivity index is 1.50. The van der Waals surface area contributed by atoms with Gasteiger partial charge in [-0.3, -0.25) is 9.59 Å². The SMILES string of the molecule is CN(C)c1ccc(C=C(NC(=O)c2ccccc2)C(=O)NN=Cc2ccc(-c3ccc(Br)cc3)o2)cc1. The van der Waals surface area contributed by atoms with Crippen molar-refractivity contribution in [1.82, 2.24) is 10.7 Å². The lowest BCUT2D eigenvalue weighted by molar-refractivity contribution is -0.117. The van der Waals surface area contributed by atoms with E-state index in [0.29, 0.717) is 17.1 Å². The summed E-state index contributed by atoms with van der Waals surface area (Å²) in [6, 6.07) is 27.6. The minimum atomic E-state index is -0.572. The number of carbonyl (C=O) groups excluding carboxylic acids is 2. The van der Waals surface area contributed by atoms with E-state index in [0.717, 1.165) is 21.3 Å². The molecule has 0 aliphatic heterocycles. The number of furan rings is 1. The molecule has 0 fully saturated rings. The van der Waals surface area contributed by atoms with Gasteiger partial charge >= 0.3 is 0 Å². The third kappa shape index (κ3) is 7.05. The minimum absolute atomic E-state index is 0.0543. The summed E-state index contributed by atoms with van der Waals surface area (Å²) in [5, 5.41) is 6.71. The molecule has 1 heterocycles. The molecule has 186 valence electrons. The second-order valence-corrected chi connectivity index (χ2v) is 9.19. The van der Waals surface area contributed by atoms with Gasteiger partial charge in [-0.15, -0.1) is 0 Å². The van der Waals surface area contributed by atoms with Gasteiger partial charge in [0.25, 0.3) is 11.8 Å². The van der Waals surface area contributed by atoms with Crippen LogP contribution < -0.4 is 15.6 Å². The third-order valence-corrected chi connectivity index (χ3v) is 5.89. The fourth-order valence-electron chi connectivity index (χ4n) is 3.38. The number of hydrogen-bond acceptors (Lipinski definition) is 5. The zero-order valence-corrected chi connectivity index (χ0v) is 21.9. The average molecular weight is 557 g/mol. The number of nitrogens with one attached hydrogen (secondary N) is 2. The van der Waals surface area contributed by atoms with Gasteiger partial charge in [-0.05, 0) is 60.2 Å². The molecule has 2 N–H and O–H groups in total. The summed E-state index contributed by atoms with van der Waals surface area (Å²) in [6.07, 6.45) is 3.01. The molecule has 0 radical (unpaired) electrons. The molecule has 3 aromatic carbocycles. The maximum atomic E-state index is 13.0. The fraction of sp³-hybridized carbons (Fsp3) is 0.0690. The van der Waals surface area contributed by atoms with Crippen LogP contribution in [-0.4, -0.2) is 32.1 Å². The summed E-state index contributed by atoms with van der Waals surface area (Å²) >= 11 is 3.42. The first-order valence-corrected chi connectivity index (χ1v) is 12.2. The second kappa shape index (κ2) is 12.0. The molecule has 0 spiro atoms. The van der Waals surface area contributed by atoms with Crippen molar-refractivity contribution in [3.63, 3.8) is 0 Å². The van der Waals surface area contributed by atoms with Crippen LogP contribution in [-0.2, 0) is 4.79 Å². The number of hydrogen-bond donors (Lipinski definition) is 2. The number of benzene rings is 3. The second-order valence-electron chi connectivity index (χ2n) is 8.27. The van der Waals surface area contributed by atoms with Gasteiger partial charge in [0.2, 0.25) is 0 Å². The summed E-state index contributed by atoms with van der Waals surface area (Å²) in [6.45, 7) is 0. The predicted octanol–water partition coefficient (Wildman–Crippen LogP) is 5.70. The molecule has 0 aliphatic rings. The maximum absolute atomic E-state index is 13.0. The molecule has 0 atom stereocenters.